The maximum absolute atomic E-state index is 13.5. The van der Waals surface area contributed by atoms with Crippen molar-refractivity contribution in [2.75, 3.05) is 5.32 Å². The first-order valence-corrected chi connectivity index (χ1v) is 9.57. The van der Waals surface area contributed by atoms with Gasteiger partial charge in [-0.1, -0.05) is 12.1 Å². The van der Waals surface area contributed by atoms with Crippen molar-refractivity contribution in [3.8, 4) is 5.82 Å². The topological polar surface area (TPSA) is 80.0 Å². The van der Waals surface area contributed by atoms with E-state index in [4.69, 9.17) is 5.11 Å². The highest BCUT2D eigenvalue weighted by Gasteiger charge is 2.48. The first kappa shape index (κ1) is 21.7. The second-order valence-electron chi connectivity index (χ2n) is 7.64. The Morgan fingerprint density at radius 1 is 1.12 bits per heavy atom. The lowest BCUT2D eigenvalue weighted by atomic mass is 9.74. The van der Waals surface area contributed by atoms with Crippen LogP contribution in [0.3, 0.4) is 0 Å². The molecule has 1 fully saturated rings. The van der Waals surface area contributed by atoms with Crippen molar-refractivity contribution >= 4 is 11.7 Å². The molecule has 0 aliphatic heterocycles. The number of hydrogen-bond acceptors (Lipinski definition) is 4. The van der Waals surface area contributed by atoms with Crippen LogP contribution in [0.5, 0.6) is 0 Å². The van der Waals surface area contributed by atoms with Crippen LogP contribution in [0.15, 0.2) is 55.1 Å². The second kappa shape index (κ2) is 7.88. The summed E-state index contributed by atoms with van der Waals surface area (Å²) in [6.45, 7) is 0. The first-order valence-electron chi connectivity index (χ1n) is 9.57. The van der Waals surface area contributed by atoms with Crippen molar-refractivity contribution in [3.63, 3.8) is 0 Å². The van der Waals surface area contributed by atoms with Crippen molar-refractivity contribution in [1.29, 1.82) is 0 Å². The number of carboxylic acids is 1. The smallest absolute Gasteiger partial charge is 0.434 e. The van der Waals surface area contributed by atoms with E-state index in [2.05, 4.69) is 15.3 Å². The lowest BCUT2D eigenvalue weighted by Gasteiger charge is -2.41. The van der Waals surface area contributed by atoms with Crippen LogP contribution in [0.4, 0.5) is 27.6 Å². The van der Waals surface area contributed by atoms with E-state index in [1.165, 1.54) is 24.4 Å². The fraction of sp³-hybridized carbons (Fsp3) is 0.286. The first-order chi connectivity index (χ1) is 15.0. The number of aromatic carboxylic acids is 1. The summed E-state index contributed by atoms with van der Waals surface area (Å²) in [7, 11) is 0. The van der Waals surface area contributed by atoms with Crippen LogP contribution in [0.1, 0.15) is 40.5 Å². The molecule has 0 amide bonds. The van der Waals surface area contributed by atoms with Crippen LogP contribution in [0, 0.1) is 5.92 Å². The summed E-state index contributed by atoms with van der Waals surface area (Å²) >= 11 is 0. The highest BCUT2D eigenvalue weighted by Crippen LogP contribution is 2.49. The van der Waals surface area contributed by atoms with Crippen LogP contribution in [0.25, 0.3) is 5.82 Å². The highest BCUT2D eigenvalue weighted by molar-refractivity contribution is 5.87. The van der Waals surface area contributed by atoms with Gasteiger partial charge in [-0.2, -0.15) is 13.2 Å². The minimum Gasteiger partial charge on any atom is -0.478 e. The average molecular weight is 452 g/mol. The summed E-state index contributed by atoms with van der Waals surface area (Å²) < 4.78 is 66.3. The van der Waals surface area contributed by atoms with Gasteiger partial charge in [0.1, 0.15) is 12.1 Å². The molecule has 1 saturated carbocycles. The van der Waals surface area contributed by atoms with Crippen molar-refractivity contribution in [2.24, 2.45) is 5.92 Å². The molecule has 0 spiro atoms. The third kappa shape index (κ3) is 4.56. The van der Waals surface area contributed by atoms with Crippen LogP contribution < -0.4 is 5.32 Å². The standard InChI is InChI=1S/C21H17F5N4O2/c22-20(23)7-14(8-20)18(12-1-3-13(4-2-12)19(31)32)29-15-5-6-17(27-9-15)30-10-16(28-11-30)21(24,25)26/h1-6,9-11,14,18,29H,7-8H2,(H,31,32). The van der Waals surface area contributed by atoms with E-state index in [1.807, 2.05) is 0 Å². The maximum Gasteiger partial charge on any atom is 0.434 e. The summed E-state index contributed by atoms with van der Waals surface area (Å²) in [5.74, 6) is -4.02. The highest BCUT2D eigenvalue weighted by atomic mass is 19.4. The van der Waals surface area contributed by atoms with Gasteiger partial charge in [-0.05, 0) is 35.7 Å². The Kier molecular flexibility index (Phi) is 5.35. The molecule has 11 heteroatoms. The number of imidazole rings is 1. The van der Waals surface area contributed by atoms with Crippen molar-refractivity contribution in [1.82, 2.24) is 14.5 Å². The van der Waals surface area contributed by atoms with E-state index >= 15 is 0 Å². The molecule has 3 aromatic rings. The molecule has 4 rings (SSSR count). The number of rotatable bonds is 6. The van der Waals surface area contributed by atoms with Crippen LogP contribution in [-0.4, -0.2) is 31.5 Å². The number of alkyl halides is 5. The average Bonchev–Trinajstić information content (AvgIpc) is 3.22. The van der Waals surface area contributed by atoms with Crippen LogP contribution in [-0.2, 0) is 6.18 Å². The summed E-state index contributed by atoms with van der Waals surface area (Å²) in [4.78, 5) is 18.5. The Morgan fingerprint density at radius 2 is 1.81 bits per heavy atom. The summed E-state index contributed by atoms with van der Waals surface area (Å²) in [6, 6.07) is 8.49. The van der Waals surface area contributed by atoms with E-state index in [0.29, 0.717) is 11.3 Å². The lowest BCUT2D eigenvalue weighted by molar-refractivity contribution is -0.140. The SMILES string of the molecule is O=C(O)c1ccc(C(Nc2ccc(-n3cnc(C(F)(F)F)c3)nc2)C2CC(F)(F)C2)cc1. The number of halogens is 5. The molecular weight excluding hydrogens is 435 g/mol. The van der Waals surface area contributed by atoms with Gasteiger partial charge in [0.05, 0.1) is 23.5 Å². The maximum atomic E-state index is 13.5. The number of hydrogen-bond donors (Lipinski definition) is 2. The van der Waals surface area contributed by atoms with Crippen molar-refractivity contribution < 1.29 is 31.9 Å². The van der Waals surface area contributed by atoms with Gasteiger partial charge in [-0.15, -0.1) is 0 Å². The Bertz CT molecular complexity index is 1100. The Balaban J connectivity index is 1.54. The number of benzene rings is 1. The predicted molar refractivity (Wildman–Crippen MR) is 104 cm³/mol. The Labute approximate surface area is 178 Å². The molecule has 0 radical (unpaired) electrons. The van der Waals surface area contributed by atoms with Crippen LogP contribution >= 0.6 is 0 Å². The third-order valence-electron chi connectivity index (χ3n) is 5.32. The molecule has 1 aliphatic carbocycles. The number of aromatic nitrogens is 3. The van der Waals surface area contributed by atoms with Crippen molar-refractivity contribution in [2.45, 2.75) is 31.0 Å². The monoisotopic (exact) mass is 452 g/mol. The van der Waals surface area contributed by atoms with Crippen molar-refractivity contribution in [3.05, 3.63) is 71.9 Å². The molecule has 168 valence electrons. The molecule has 2 aromatic heterocycles. The van der Waals surface area contributed by atoms with E-state index in [0.717, 1.165) is 17.1 Å². The summed E-state index contributed by atoms with van der Waals surface area (Å²) in [5.41, 5.74) is 0.157. The van der Waals surface area contributed by atoms with Gasteiger partial charge in [0, 0.05) is 19.0 Å². The normalized spacial score (nSPS) is 16.9. The fourth-order valence-electron chi connectivity index (χ4n) is 3.65. The zero-order chi connectivity index (χ0) is 23.1. The van der Waals surface area contributed by atoms with Gasteiger partial charge in [0.2, 0.25) is 5.92 Å². The second-order valence-corrected chi connectivity index (χ2v) is 7.64. The number of carboxylic acid groups (broad SMARTS) is 1. The third-order valence-corrected chi connectivity index (χ3v) is 5.32. The summed E-state index contributed by atoms with van der Waals surface area (Å²) in [6.07, 6.45) is -1.99. The number of nitrogens with zero attached hydrogens (tertiary/aromatic N) is 3. The van der Waals surface area contributed by atoms with Gasteiger partial charge in [0.25, 0.3) is 0 Å². The van der Waals surface area contributed by atoms with Gasteiger partial charge in [-0.25, -0.2) is 23.5 Å². The molecule has 0 saturated heterocycles. The van der Waals surface area contributed by atoms with E-state index in [-0.39, 0.29) is 30.1 Å². The van der Waals surface area contributed by atoms with Crippen LogP contribution in [0.2, 0.25) is 0 Å². The van der Waals surface area contributed by atoms with E-state index in [1.54, 1.807) is 18.2 Å². The zero-order valence-electron chi connectivity index (χ0n) is 16.4. The van der Waals surface area contributed by atoms with E-state index < -0.39 is 29.8 Å². The van der Waals surface area contributed by atoms with E-state index in [9.17, 15) is 26.7 Å². The largest absolute Gasteiger partial charge is 0.478 e. The lowest BCUT2D eigenvalue weighted by Crippen LogP contribution is -2.41. The number of nitrogens with one attached hydrogen (secondary N) is 1. The molecule has 1 aliphatic rings. The molecule has 6 nitrogen and oxygen atoms in total. The number of pyridine rings is 1. The molecule has 0 bridgehead atoms. The van der Waals surface area contributed by atoms with Gasteiger partial charge in [0.15, 0.2) is 5.69 Å². The molecule has 1 aromatic carbocycles. The van der Waals surface area contributed by atoms with Gasteiger partial charge in [-0.3, -0.25) is 4.57 Å². The number of carbonyl (C=O) groups is 1. The minimum absolute atomic E-state index is 0.0796. The molecule has 32 heavy (non-hydrogen) atoms. The predicted octanol–water partition coefficient (Wildman–Crippen LogP) is 5.18. The fourth-order valence-corrected chi connectivity index (χ4v) is 3.65. The number of anilines is 1. The molecule has 1 unspecified atom stereocenters. The Morgan fingerprint density at radius 3 is 2.31 bits per heavy atom. The quantitative estimate of drug-likeness (QED) is 0.504. The Hall–Kier alpha value is -3.50. The summed E-state index contributed by atoms with van der Waals surface area (Å²) in [5, 5.41) is 12.2. The molecule has 2 N–H and O–H groups in total. The van der Waals surface area contributed by atoms with Gasteiger partial charge >= 0.3 is 12.1 Å². The minimum atomic E-state index is -4.57. The van der Waals surface area contributed by atoms with Gasteiger partial charge < -0.3 is 10.4 Å². The molecule has 1 atom stereocenters. The molecule has 2 heterocycles. The molecular formula is C21H17F5N4O2. The zero-order valence-corrected chi connectivity index (χ0v) is 16.4.